The molecule has 2 N–H and O–H groups in total. The summed E-state index contributed by atoms with van der Waals surface area (Å²) in [6, 6.07) is 46.7. The van der Waals surface area contributed by atoms with E-state index in [0.29, 0.717) is 0 Å². The molecule has 5 heteroatoms. The van der Waals surface area contributed by atoms with Gasteiger partial charge in [-0.3, -0.25) is 0 Å². The number of hydrogen-bond donors (Lipinski definition) is 2. The van der Waals surface area contributed by atoms with Crippen molar-refractivity contribution in [2.24, 2.45) is 0 Å². The molecule has 0 amide bonds. The van der Waals surface area contributed by atoms with Gasteiger partial charge in [-0.15, -0.1) is 24.2 Å². The Bertz CT molecular complexity index is 1460. The topological polar surface area (TPSA) is 52.3 Å². The van der Waals surface area contributed by atoms with Crippen LogP contribution in [-0.4, -0.2) is 71.4 Å². The van der Waals surface area contributed by atoms with Gasteiger partial charge in [0, 0.05) is 24.2 Å². The zero-order valence-corrected chi connectivity index (χ0v) is 29.6. The molecule has 0 saturated carbocycles. The fraction of sp³-hybridized carbons (Fsp3) is 0.364. The second kappa shape index (κ2) is 14.7. The van der Waals surface area contributed by atoms with Crippen LogP contribution in [0.1, 0.15) is 71.6 Å². The summed E-state index contributed by atoms with van der Waals surface area (Å²) in [7, 11) is 0. The van der Waals surface area contributed by atoms with Gasteiger partial charge in [-0.05, 0) is 45.9 Å². The second-order valence-corrected chi connectivity index (χ2v) is 14.7. The normalized spacial score (nSPS) is 36.4. The first-order chi connectivity index (χ1) is 23.8. The molecular formula is C44H46MgN4. The molecule has 4 aromatic carbocycles. The maximum atomic E-state index is 5.80. The summed E-state index contributed by atoms with van der Waals surface area (Å²) in [6.45, 7) is 0. The van der Waals surface area contributed by atoms with Crippen LogP contribution < -0.4 is 10.6 Å². The number of nitrogens with one attached hydrogen (secondary N) is 2. The van der Waals surface area contributed by atoms with Crippen LogP contribution >= 0.6 is 0 Å². The monoisotopic (exact) mass is 654 g/mol. The Hall–Kier alpha value is -3.03. The molecule has 12 unspecified atom stereocenters. The first kappa shape index (κ1) is 33.1. The molecule has 3 saturated heterocycles. The van der Waals surface area contributed by atoms with E-state index in [4.69, 9.17) is 10.6 Å². The smallest absolute Gasteiger partial charge is 0.656 e. The summed E-state index contributed by atoms with van der Waals surface area (Å²) in [4.78, 5) is 0. The Kier molecular flexibility index (Phi) is 9.92. The molecule has 0 spiro atoms. The van der Waals surface area contributed by atoms with Crippen LogP contribution in [0.4, 0.5) is 0 Å². The van der Waals surface area contributed by atoms with Crippen molar-refractivity contribution < 1.29 is 0 Å². The third-order valence-electron chi connectivity index (χ3n) is 12.0. The number of nitrogens with zero attached hydrogens (tertiary/aromatic N) is 2. The average Bonchev–Trinajstić information content (AvgIpc) is 3.98. The molecule has 244 valence electrons. The van der Waals surface area contributed by atoms with Gasteiger partial charge >= 0.3 is 23.1 Å². The maximum absolute atomic E-state index is 5.80. The molecule has 8 bridgehead atoms. The van der Waals surface area contributed by atoms with Crippen LogP contribution in [0.15, 0.2) is 146 Å². The Morgan fingerprint density at radius 1 is 0.347 bits per heavy atom. The summed E-state index contributed by atoms with van der Waals surface area (Å²) in [6.07, 6.45) is 14.3. The van der Waals surface area contributed by atoms with Crippen LogP contribution in [0.2, 0.25) is 0 Å². The Morgan fingerprint density at radius 3 is 0.796 bits per heavy atom. The van der Waals surface area contributed by atoms with Crippen LogP contribution in [0.5, 0.6) is 0 Å². The van der Waals surface area contributed by atoms with Crippen molar-refractivity contribution in [2.45, 2.75) is 97.7 Å². The summed E-state index contributed by atoms with van der Waals surface area (Å²) < 4.78 is 0. The minimum atomic E-state index is 0. The zero-order valence-electron chi connectivity index (χ0n) is 28.2. The molecule has 9 rings (SSSR count). The third kappa shape index (κ3) is 6.50. The van der Waals surface area contributed by atoms with Crippen LogP contribution in [0.3, 0.4) is 0 Å². The van der Waals surface area contributed by atoms with Crippen LogP contribution in [-0.2, 0) is 0 Å². The van der Waals surface area contributed by atoms with Gasteiger partial charge in [-0.2, -0.15) is 0 Å². The van der Waals surface area contributed by atoms with Gasteiger partial charge in [0.25, 0.3) is 0 Å². The van der Waals surface area contributed by atoms with Crippen molar-refractivity contribution in [1.29, 1.82) is 0 Å². The number of benzene rings is 4. The first-order valence-electron chi connectivity index (χ1n) is 18.3. The van der Waals surface area contributed by atoms with Gasteiger partial charge in [-0.25, -0.2) is 0 Å². The fourth-order valence-corrected chi connectivity index (χ4v) is 9.98. The van der Waals surface area contributed by atoms with E-state index < -0.39 is 0 Å². The first-order valence-corrected chi connectivity index (χ1v) is 18.3. The summed E-state index contributed by atoms with van der Waals surface area (Å²) in [5.74, 6) is 1.14. The minimum Gasteiger partial charge on any atom is -0.656 e. The minimum absolute atomic E-state index is 0. The number of rotatable bonds is 4. The molecule has 0 radical (unpaired) electrons. The predicted molar refractivity (Wildman–Crippen MR) is 203 cm³/mol. The van der Waals surface area contributed by atoms with Gasteiger partial charge < -0.3 is 21.3 Å². The molecule has 4 nitrogen and oxygen atoms in total. The second-order valence-electron chi connectivity index (χ2n) is 14.7. The molecule has 0 aromatic heterocycles. The van der Waals surface area contributed by atoms with Gasteiger partial charge in [0.05, 0.1) is 0 Å². The van der Waals surface area contributed by atoms with Crippen molar-refractivity contribution in [3.05, 3.63) is 179 Å². The van der Waals surface area contributed by atoms with E-state index in [1.54, 1.807) is 0 Å². The molecule has 5 heterocycles. The van der Waals surface area contributed by atoms with E-state index >= 15 is 0 Å². The summed E-state index contributed by atoms with van der Waals surface area (Å²) in [5, 5.41) is 20.0. The van der Waals surface area contributed by atoms with E-state index in [2.05, 4.69) is 156 Å². The van der Waals surface area contributed by atoms with Gasteiger partial charge in [-0.1, -0.05) is 171 Å². The third-order valence-corrected chi connectivity index (χ3v) is 12.0. The van der Waals surface area contributed by atoms with Crippen molar-refractivity contribution in [3.8, 4) is 0 Å². The standard InChI is InChI=1S/C44H46N4.Mg/c1-5-13-29(14-6-1)41-33-21-23-35(45-33)42(30-15-7-2-8-16-30)37-25-27-39(47-37)44(32-19-11-4-12-20-32)40-28-26-38(48-40)43(31-17-9-3-10-18-31)36-24-22-34(41)46-36;/h1-21,23,26,28,33-45,48H,22,24-25,27H2;/q-2;+2. The van der Waals surface area contributed by atoms with Crippen molar-refractivity contribution in [3.63, 3.8) is 0 Å². The van der Waals surface area contributed by atoms with Crippen molar-refractivity contribution in [1.82, 2.24) is 10.6 Å². The molecule has 0 aliphatic carbocycles. The maximum Gasteiger partial charge on any atom is 2.00 e. The van der Waals surface area contributed by atoms with E-state index in [9.17, 15) is 0 Å². The zero-order chi connectivity index (χ0) is 31.9. The van der Waals surface area contributed by atoms with E-state index in [1.807, 2.05) is 0 Å². The van der Waals surface area contributed by atoms with Gasteiger partial charge in [0.2, 0.25) is 0 Å². The Balaban J connectivity index is 0.00000348. The molecular weight excluding hydrogens is 609 g/mol. The molecule has 3 fully saturated rings. The van der Waals surface area contributed by atoms with E-state index in [0.717, 1.165) is 25.7 Å². The summed E-state index contributed by atoms with van der Waals surface area (Å²) >= 11 is 0. The number of hydrogen-bond acceptors (Lipinski definition) is 2. The predicted octanol–water partition coefficient (Wildman–Crippen LogP) is 8.36. The molecule has 5 aliphatic heterocycles. The Morgan fingerprint density at radius 2 is 0.571 bits per heavy atom. The SMILES string of the molecule is C1=CC2NC1C(c1ccccc1)C1CCC([N-]1)C(c1ccccc1)C1C=CC(N1)C(c1ccccc1)C1CCC([N-]1)C2c1ccccc1.[Mg+2]. The number of fused-ring (bicyclic) bond motifs is 8. The van der Waals surface area contributed by atoms with E-state index in [1.165, 1.54) is 22.3 Å². The average molecular weight is 655 g/mol. The van der Waals surface area contributed by atoms with Crippen LogP contribution in [0.25, 0.3) is 10.6 Å². The molecule has 4 aromatic rings. The molecule has 49 heavy (non-hydrogen) atoms. The molecule has 5 aliphatic rings. The van der Waals surface area contributed by atoms with Crippen molar-refractivity contribution >= 4 is 23.1 Å². The largest absolute Gasteiger partial charge is 2.00 e. The van der Waals surface area contributed by atoms with Gasteiger partial charge in [0.1, 0.15) is 0 Å². The van der Waals surface area contributed by atoms with Crippen LogP contribution in [0, 0.1) is 0 Å². The summed E-state index contributed by atoms with van der Waals surface area (Å²) in [5.41, 5.74) is 5.55. The van der Waals surface area contributed by atoms with Crippen molar-refractivity contribution in [2.75, 3.05) is 0 Å². The molecule has 12 atom stereocenters. The van der Waals surface area contributed by atoms with Gasteiger partial charge in [0.15, 0.2) is 0 Å². The quantitative estimate of drug-likeness (QED) is 0.172. The Labute approximate surface area is 308 Å². The van der Waals surface area contributed by atoms with E-state index in [-0.39, 0.29) is 95.1 Å². The fourth-order valence-electron chi connectivity index (χ4n) is 9.98.